The van der Waals surface area contributed by atoms with E-state index in [1.54, 1.807) is 6.07 Å². The van der Waals surface area contributed by atoms with Crippen LogP contribution in [0.4, 0.5) is 4.39 Å². The molecule has 0 amide bonds. The number of hydrogen-bond donors (Lipinski definition) is 1. The summed E-state index contributed by atoms with van der Waals surface area (Å²) in [5.74, 6) is 0.688. The highest BCUT2D eigenvalue weighted by atomic mass is 35.5. The normalized spacial score (nSPS) is 46.7. The maximum absolute atomic E-state index is 14.5. The molecule has 0 heterocycles. The van der Waals surface area contributed by atoms with E-state index in [0.29, 0.717) is 16.9 Å². The summed E-state index contributed by atoms with van der Waals surface area (Å²) in [7, 11) is 0. The number of carbonyl (C=O) groups excluding carboxylic acids is 1. The van der Waals surface area contributed by atoms with Crippen LogP contribution in [0.25, 0.3) is 0 Å². The van der Waals surface area contributed by atoms with Gasteiger partial charge in [0, 0.05) is 11.3 Å². The summed E-state index contributed by atoms with van der Waals surface area (Å²) in [6.45, 7) is 2.02. The number of Topliss-reactive ketones (excluding diaryl/α,β-unsaturated/α-hetero) is 1. The molecule has 1 aromatic carbocycles. The number of alkyl halides is 1. The van der Waals surface area contributed by atoms with Gasteiger partial charge in [0.15, 0.2) is 12.0 Å². The Labute approximate surface area is 140 Å². The number of aryl methyl sites for hydroxylation is 1. The van der Waals surface area contributed by atoms with Crippen LogP contribution in [-0.2, 0) is 11.2 Å². The largest absolute Gasteiger partial charge is 0.506 e. The topological polar surface area (TPSA) is 37.3 Å². The van der Waals surface area contributed by atoms with Crippen molar-refractivity contribution >= 4 is 17.4 Å². The van der Waals surface area contributed by atoms with Gasteiger partial charge in [-0.05, 0) is 72.6 Å². The average molecular weight is 335 g/mol. The molecule has 3 saturated carbocycles. The van der Waals surface area contributed by atoms with Gasteiger partial charge in [0.2, 0.25) is 0 Å². The predicted molar refractivity (Wildman–Crippen MR) is 85.5 cm³/mol. The van der Waals surface area contributed by atoms with Crippen LogP contribution in [0.2, 0.25) is 5.02 Å². The second-order valence-corrected chi connectivity index (χ2v) is 8.65. The minimum absolute atomic E-state index is 0.0538. The van der Waals surface area contributed by atoms with Crippen molar-refractivity contribution in [3.63, 3.8) is 0 Å². The molecule has 0 unspecified atom stereocenters. The molecule has 23 heavy (non-hydrogen) atoms. The van der Waals surface area contributed by atoms with E-state index in [-0.39, 0.29) is 22.9 Å². The number of fused-ring (bicyclic) bond motifs is 3. The Morgan fingerprint density at radius 3 is 2.87 bits per heavy atom. The van der Waals surface area contributed by atoms with Crippen LogP contribution in [0.1, 0.15) is 49.7 Å². The third kappa shape index (κ3) is 1.45. The summed E-state index contributed by atoms with van der Waals surface area (Å²) >= 11 is 6.14. The lowest BCUT2D eigenvalue weighted by molar-refractivity contribution is -0.136. The molecule has 4 heteroatoms. The Kier molecular flexibility index (Phi) is 2.55. The van der Waals surface area contributed by atoms with E-state index in [1.807, 2.05) is 13.0 Å². The molecule has 4 aliphatic rings. The number of rotatable bonds is 0. The second kappa shape index (κ2) is 4.11. The van der Waals surface area contributed by atoms with Gasteiger partial charge in [0.25, 0.3) is 0 Å². The smallest absolute Gasteiger partial charge is 0.173 e. The van der Waals surface area contributed by atoms with Crippen molar-refractivity contribution in [2.45, 2.75) is 51.1 Å². The van der Waals surface area contributed by atoms with Gasteiger partial charge < -0.3 is 5.11 Å². The third-order valence-corrected chi connectivity index (χ3v) is 7.97. The molecular formula is C19H20ClFO2. The van der Waals surface area contributed by atoms with Crippen LogP contribution in [0.15, 0.2) is 12.1 Å². The fraction of sp³-hybridized carbons (Fsp3) is 0.632. The highest BCUT2D eigenvalue weighted by Crippen LogP contribution is 2.80. The van der Waals surface area contributed by atoms with Crippen LogP contribution < -0.4 is 0 Å². The predicted octanol–water partition coefficient (Wildman–Crippen LogP) is 4.42. The molecule has 0 aromatic heterocycles. The molecule has 122 valence electrons. The zero-order valence-corrected chi connectivity index (χ0v) is 13.9. The van der Waals surface area contributed by atoms with E-state index in [0.717, 1.165) is 32.1 Å². The highest BCUT2D eigenvalue weighted by molar-refractivity contribution is 6.32. The monoisotopic (exact) mass is 334 g/mol. The number of carbonyl (C=O) groups is 1. The number of ketones is 1. The Morgan fingerprint density at radius 1 is 1.30 bits per heavy atom. The maximum atomic E-state index is 14.5. The van der Waals surface area contributed by atoms with E-state index in [4.69, 9.17) is 11.6 Å². The summed E-state index contributed by atoms with van der Waals surface area (Å²) < 4.78 is 14.5. The second-order valence-electron chi connectivity index (χ2n) is 8.24. The molecular weight excluding hydrogens is 315 g/mol. The molecule has 0 aliphatic heterocycles. The number of phenols is 1. The molecule has 0 radical (unpaired) electrons. The van der Waals surface area contributed by atoms with Gasteiger partial charge in [-0.1, -0.05) is 18.5 Å². The zero-order valence-electron chi connectivity index (χ0n) is 13.1. The fourth-order valence-corrected chi connectivity index (χ4v) is 6.71. The van der Waals surface area contributed by atoms with Gasteiger partial charge in [-0.2, -0.15) is 0 Å². The van der Waals surface area contributed by atoms with E-state index in [2.05, 4.69) is 0 Å². The summed E-state index contributed by atoms with van der Waals surface area (Å²) in [4.78, 5) is 12.5. The summed E-state index contributed by atoms with van der Waals surface area (Å²) in [5.41, 5.74) is 1.82. The van der Waals surface area contributed by atoms with Crippen LogP contribution in [0.3, 0.4) is 0 Å². The molecule has 5 rings (SSSR count). The summed E-state index contributed by atoms with van der Waals surface area (Å²) in [6.07, 6.45) is 3.20. The molecule has 0 saturated heterocycles. The lowest BCUT2D eigenvalue weighted by Crippen LogP contribution is -2.46. The number of benzene rings is 1. The number of hydrogen-bond acceptors (Lipinski definition) is 2. The molecule has 1 aromatic rings. The van der Waals surface area contributed by atoms with Crippen molar-refractivity contribution < 1.29 is 14.3 Å². The lowest BCUT2D eigenvalue weighted by Gasteiger charge is -2.50. The maximum Gasteiger partial charge on any atom is 0.173 e. The standard InChI is InChI=1S/C19H20ClFO2/c1-18-5-4-10-11-7-14(20)15(22)6-9(11)2-3-12(10)19(18)8-13(19)16(21)17(18)23/h6-7,10,12-13,16,22H,2-5,8H2,1H3/t10-,12-,13+,16+,18-,19-/m1/s1. The van der Waals surface area contributed by atoms with Crippen LogP contribution in [-0.4, -0.2) is 17.1 Å². The average Bonchev–Trinajstić information content (AvgIpc) is 3.24. The van der Waals surface area contributed by atoms with Gasteiger partial charge in [-0.3, -0.25) is 4.79 Å². The Hall–Kier alpha value is -1.09. The van der Waals surface area contributed by atoms with Crippen LogP contribution in [0, 0.1) is 22.7 Å². The number of phenolic OH excluding ortho intramolecular Hbond substituents is 1. The van der Waals surface area contributed by atoms with E-state index in [9.17, 15) is 14.3 Å². The molecule has 0 bridgehead atoms. The molecule has 3 fully saturated rings. The zero-order chi connectivity index (χ0) is 16.1. The quantitative estimate of drug-likeness (QED) is 0.762. The van der Waals surface area contributed by atoms with Crippen molar-refractivity contribution in [2.75, 3.05) is 0 Å². The van der Waals surface area contributed by atoms with Crippen molar-refractivity contribution in [2.24, 2.45) is 22.7 Å². The van der Waals surface area contributed by atoms with Gasteiger partial charge in [-0.15, -0.1) is 0 Å². The molecule has 1 spiro atoms. The van der Waals surface area contributed by atoms with Crippen molar-refractivity contribution in [1.82, 2.24) is 0 Å². The summed E-state index contributed by atoms with van der Waals surface area (Å²) in [6, 6.07) is 3.70. The van der Waals surface area contributed by atoms with Crippen molar-refractivity contribution in [3.05, 3.63) is 28.3 Å². The van der Waals surface area contributed by atoms with Crippen LogP contribution >= 0.6 is 11.6 Å². The van der Waals surface area contributed by atoms with Gasteiger partial charge >= 0.3 is 0 Å². The van der Waals surface area contributed by atoms with Gasteiger partial charge in [0.1, 0.15) is 5.75 Å². The van der Waals surface area contributed by atoms with Crippen molar-refractivity contribution in [1.29, 1.82) is 0 Å². The Morgan fingerprint density at radius 2 is 2.09 bits per heavy atom. The Balaban J connectivity index is 1.62. The molecule has 1 N–H and O–H groups in total. The lowest BCUT2D eigenvalue weighted by atomic mass is 9.52. The van der Waals surface area contributed by atoms with E-state index in [1.165, 1.54) is 11.1 Å². The third-order valence-electron chi connectivity index (χ3n) is 7.67. The van der Waals surface area contributed by atoms with E-state index < -0.39 is 11.6 Å². The van der Waals surface area contributed by atoms with Gasteiger partial charge in [-0.25, -0.2) is 4.39 Å². The first kappa shape index (κ1) is 14.3. The summed E-state index contributed by atoms with van der Waals surface area (Å²) in [5, 5.41) is 10.3. The van der Waals surface area contributed by atoms with Crippen molar-refractivity contribution in [3.8, 4) is 5.75 Å². The first-order valence-corrected chi connectivity index (χ1v) is 8.97. The fourth-order valence-electron chi connectivity index (χ4n) is 6.54. The minimum Gasteiger partial charge on any atom is -0.506 e. The molecule has 2 nitrogen and oxygen atoms in total. The first-order chi connectivity index (χ1) is 10.9. The minimum atomic E-state index is -1.25. The molecule has 6 atom stereocenters. The van der Waals surface area contributed by atoms with Gasteiger partial charge in [0.05, 0.1) is 5.02 Å². The highest BCUT2D eigenvalue weighted by Gasteiger charge is 2.81. The van der Waals surface area contributed by atoms with E-state index >= 15 is 0 Å². The number of halogens is 2. The number of aromatic hydroxyl groups is 1. The molecule has 4 aliphatic carbocycles. The SMILES string of the molecule is C[C@]12CC[C@@H]3c4cc(Cl)c(O)cc4CC[C@H]3[C@@]13C[C@H]3[C@H](F)C2=O. The van der Waals surface area contributed by atoms with Crippen LogP contribution in [0.5, 0.6) is 5.75 Å². The first-order valence-electron chi connectivity index (χ1n) is 8.60. The Bertz CT molecular complexity index is 747.